The molecule has 9 aromatic carbocycles. The number of nitrogens with zero attached hydrogens (tertiary/aromatic N) is 2. The molecule has 0 fully saturated rings. The van der Waals surface area contributed by atoms with Crippen molar-refractivity contribution in [1.29, 1.82) is 5.26 Å². The number of para-hydroxylation sites is 1. The Kier molecular flexibility index (Phi) is 8.78. The van der Waals surface area contributed by atoms with Gasteiger partial charge in [0.2, 0.25) is 0 Å². The van der Waals surface area contributed by atoms with Crippen LogP contribution in [0.5, 0.6) is 0 Å². The smallest absolute Gasteiger partial charge is 0.0991 e. The fourth-order valence-corrected chi connectivity index (χ4v) is 11.5. The second-order valence-electron chi connectivity index (χ2n) is 19.1. The Morgan fingerprint density at radius 1 is 0.446 bits per heavy atom. The Labute approximate surface area is 382 Å². The van der Waals surface area contributed by atoms with Gasteiger partial charge in [-0.15, -0.1) is 0 Å². The predicted octanol–water partition coefficient (Wildman–Crippen LogP) is 17.0. The van der Waals surface area contributed by atoms with Crippen molar-refractivity contribution in [3.63, 3.8) is 0 Å². The maximum Gasteiger partial charge on any atom is 0.0991 e. The van der Waals surface area contributed by atoms with Crippen LogP contribution in [0.25, 0.3) is 71.6 Å². The Hall–Kier alpha value is -7.73. The number of anilines is 3. The van der Waals surface area contributed by atoms with Crippen molar-refractivity contribution in [2.45, 2.75) is 51.4 Å². The number of fused-ring (bicyclic) bond motifs is 7. The number of hydrogen-bond donors (Lipinski definition) is 0. The second kappa shape index (κ2) is 14.7. The molecule has 0 spiro atoms. The van der Waals surface area contributed by atoms with Crippen LogP contribution in [0.2, 0.25) is 0 Å². The number of hydrogen-bond acceptors (Lipinski definition) is 2. The van der Waals surface area contributed by atoms with Crippen molar-refractivity contribution in [3.05, 3.63) is 228 Å². The van der Waals surface area contributed by atoms with Crippen LogP contribution in [0.15, 0.2) is 200 Å². The van der Waals surface area contributed by atoms with E-state index >= 15 is 0 Å². The lowest BCUT2D eigenvalue weighted by Crippen LogP contribution is -2.17. The van der Waals surface area contributed by atoms with Gasteiger partial charge < -0.3 is 4.90 Å². The Morgan fingerprint density at radius 2 is 0.985 bits per heavy atom. The first-order valence-corrected chi connectivity index (χ1v) is 23.0. The van der Waals surface area contributed by atoms with E-state index in [0.29, 0.717) is 5.56 Å². The fraction of sp³-hybridized carbons (Fsp3) is 0.127. The van der Waals surface area contributed by atoms with Crippen LogP contribution in [0.4, 0.5) is 17.1 Å². The van der Waals surface area contributed by atoms with Crippen LogP contribution < -0.4 is 4.90 Å². The lowest BCUT2D eigenvalue weighted by molar-refractivity contribution is 0.607. The summed E-state index contributed by atoms with van der Waals surface area (Å²) < 4.78 is 0. The van der Waals surface area contributed by atoms with Crippen molar-refractivity contribution in [1.82, 2.24) is 0 Å². The van der Waals surface area contributed by atoms with Gasteiger partial charge in [0, 0.05) is 27.9 Å². The van der Waals surface area contributed by atoms with E-state index in [1.54, 1.807) is 5.57 Å². The van der Waals surface area contributed by atoms with Crippen molar-refractivity contribution < 1.29 is 0 Å². The minimum absolute atomic E-state index is 0.0265. The van der Waals surface area contributed by atoms with Gasteiger partial charge >= 0.3 is 0 Å². The van der Waals surface area contributed by atoms with Gasteiger partial charge in [0.15, 0.2) is 0 Å². The average molecular weight is 833 g/mol. The van der Waals surface area contributed by atoms with E-state index in [-0.39, 0.29) is 10.8 Å². The SMILES string of the molecule is CC1(C)C2=C(C=CCC2)c2ccc(-c3c4ccccc4c(-c4ccc5c(c4)C(C)(C)c4ccccc4-5)c4cc(-c5ccc(N(c6ccccc6)c6ccc(C#N)cc6)cc5)ccc34)cc21. The first-order valence-electron chi connectivity index (χ1n) is 23.0. The van der Waals surface area contributed by atoms with Crippen molar-refractivity contribution >= 4 is 44.2 Å². The molecule has 0 aromatic heterocycles. The second-order valence-corrected chi connectivity index (χ2v) is 19.1. The number of benzene rings is 9. The van der Waals surface area contributed by atoms with Crippen LogP contribution in [0.1, 0.15) is 68.4 Å². The Bertz CT molecular complexity index is 3520. The summed E-state index contributed by atoms with van der Waals surface area (Å²) in [5.74, 6) is 0. The number of rotatable bonds is 6. The molecule has 0 atom stereocenters. The average Bonchev–Trinajstić information content (AvgIpc) is 3.72. The molecular formula is C63H48N2. The predicted molar refractivity (Wildman–Crippen MR) is 273 cm³/mol. The van der Waals surface area contributed by atoms with Gasteiger partial charge in [0.25, 0.3) is 0 Å². The number of nitriles is 1. The van der Waals surface area contributed by atoms with Crippen LogP contribution in [-0.2, 0) is 10.8 Å². The van der Waals surface area contributed by atoms with E-state index in [4.69, 9.17) is 0 Å². The molecule has 310 valence electrons. The molecule has 65 heavy (non-hydrogen) atoms. The van der Waals surface area contributed by atoms with E-state index in [1.165, 1.54) is 88.3 Å². The van der Waals surface area contributed by atoms with Gasteiger partial charge in [-0.1, -0.05) is 161 Å². The molecule has 3 aliphatic carbocycles. The van der Waals surface area contributed by atoms with Gasteiger partial charge in [0.05, 0.1) is 11.6 Å². The Balaban J connectivity index is 1.06. The van der Waals surface area contributed by atoms with Crippen molar-refractivity contribution in [2.24, 2.45) is 0 Å². The summed E-state index contributed by atoms with van der Waals surface area (Å²) in [4.78, 5) is 2.25. The molecule has 0 heterocycles. The summed E-state index contributed by atoms with van der Waals surface area (Å²) >= 11 is 0. The zero-order valence-electron chi connectivity index (χ0n) is 37.3. The molecule has 0 saturated carbocycles. The topological polar surface area (TPSA) is 27.0 Å². The van der Waals surface area contributed by atoms with Crippen molar-refractivity contribution in [3.8, 4) is 50.6 Å². The number of allylic oxidation sites excluding steroid dienone is 4. The third-order valence-electron chi connectivity index (χ3n) is 14.8. The largest absolute Gasteiger partial charge is 0.311 e. The summed E-state index contributed by atoms with van der Waals surface area (Å²) in [5, 5.41) is 14.6. The molecule has 9 aromatic rings. The Morgan fingerprint density at radius 3 is 1.69 bits per heavy atom. The summed E-state index contributed by atoms with van der Waals surface area (Å²) in [6, 6.07) is 69.1. The zero-order chi connectivity index (χ0) is 44.0. The summed E-state index contributed by atoms with van der Waals surface area (Å²) in [5.41, 5.74) is 22.2. The highest BCUT2D eigenvalue weighted by Gasteiger charge is 2.38. The normalized spacial score (nSPS) is 15.1. The van der Waals surface area contributed by atoms with Gasteiger partial charge in [0.1, 0.15) is 0 Å². The van der Waals surface area contributed by atoms with Gasteiger partial charge in [-0.3, -0.25) is 0 Å². The molecule has 2 nitrogen and oxygen atoms in total. The highest BCUT2D eigenvalue weighted by molar-refractivity contribution is 6.22. The van der Waals surface area contributed by atoms with Gasteiger partial charge in [-0.25, -0.2) is 0 Å². The maximum atomic E-state index is 9.53. The van der Waals surface area contributed by atoms with Crippen LogP contribution >= 0.6 is 0 Å². The van der Waals surface area contributed by atoms with Crippen LogP contribution in [0, 0.1) is 11.3 Å². The summed E-state index contributed by atoms with van der Waals surface area (Å²) in [6.45, 7) is 9.59. The summed E-state index contributed by atoms with van der Waals surface area (Å²) in [6.07, 6.45) is 6.94. The zero-order valence-corrected chi connectivity index (χ0v) is 37.3. The molecule has 2 heteroatoms. The van der Waals surface area contributed by atoms with E-state index in [2.05, 4.69) is 202 Å². The first-order chi connectivity index (χ1) is 31.7. The quantitative estimate of drug-likeness (QED) is 0.156. The molecule has 0 N–H and O–H groups in total. The molecule has 0 radical (unpaired) electrons. The van der Waals surface area contributed by atoms with Crippen LogP contribution in [0.3, 0.4) is 0 Å². The molecule has 3 aliphatic rings. The van der Waals surface area contributed by atoms with E-state index in [9.17, 15) is 5.26 Å². The molecule has 0 unspecified atom stereocenters. The van der Waals surface area contributed by atoms with E-state index in [1.807, 2.05) is 30.3 Å². The third-order valence-corrected chi connectivity index (χ3v) is 14.8. The van der Waals surface area contributed by atoms with E-state index < -0.39 is 0 Å². The van der Waals surface area contributed by atoms with Crippen molar-refractivity contribution in [2.75, 3.05) is 4.90 Å². The first kappa shape index (κ1) is 38.9. The third kappa shape index (κ3) is 5.99. The standard InChI is InChI=1S/C63H48N2/c1-62(2)56-20-12-10-16-48(56)50-33-27-43(37-58(50)62)60-52-18-8-9-19-53(52)61(44-28-34-51-49-17-11-13-21-57(49)63(3,4)59(51)38-44)55-36-42(26-35-54(55)60)41-24-31-47(32-25-41)65(45-14-6-5-7-15-45)46-29-22-40(39-64)23-30-46/h5-11,13-19,21-38H,12,20H2,1-4H3. The maximum absolute atomic E-state index is 9.53. The lowest BCUT2D eigenvalue weighted by atomic mass is 9.77. The highest BCUT2D eigenvalue weighted by Crippen LogP contribution is 2.54. The molecule has 12 rings (SSSR count). The monoisotopic (exact) mass is 832 g/mol. The minimum Gasteiger partial charge on any atom is -0.311 e. The lowest BCUT2D eigenvalue weighted by Gasteiger charge is -2.26. The molecular weight excluding hydrogens is 785 g/mol. The molecule has 0 aliphatic heterocycles. The van der Waals surface area contributed by atoms with Gasteiger partial charge in [-0.05, 0) is 173 Å². The summed E-state index contributed by atoms with van der Waals surface area (Å²) in [7, 11) is 0. The minimum atomic E-state index is -0.120. The van der Waals surface area contributed by atoms with E-state index in [0.717, 1.165) is 35.5 Å². The fourth-order valence-electron chi connectivity index (χ4n) is 11.5. The van der Waals surface area contributed by atoms with Crippen LogP contribution in [-0.4, -0.2) is 0 Å². The molecule has 0 bridgehead atoms. The molecule has 0 saturated heterocycles. The van der Waals surface area contributed by atoms with Gasteiger partial charge in [-0.2, -0.15) is 5.26 Å². The molecule has 0 amide bonds. The highest BCUT2D eigenvalue weighted by atomic mass is 15.1.